The average molecular weight is 273 g/mol. The van der Waals surface area contributed by atoms with Crippen molar-refractivity contribution < 1.29 is 9.90 Å². The summed E-state index contributed by atoms with van der Waals surface area (Å²) in [6.07, 6.45) is 0.921. The van der Waals surface area contributed by atoms with E-state index in [1.165, 1.54) is 10.6 Å². The van der Waals surface area contributed by atoms with Crippen LogP contribution in [0.1, 0.15) is 6.42 Å². The van der Waals surface area contributed by atoms with Crippen molar-refractivity contribution >= 4 is 23.8 Å². The van der Waals surface area contributed by atoms with E-state index in [2.05, 4.69) is 30.9 Å². The Morgan fingerprint density at radius 2 is 1.37 bits per heavy atom. The summed E-state index contributed by atoms with van der Waals surface area (Å²) in [5, 5.41) is 11.5. The molecule has 0 amide bonds. The van der Waals surface area contributed by atoms with Gasteiger partial charge in [-0.1, -0.05) is 36.4 Å². The molecule has 2 nitrogen and oxygen atoms in total. The molecule has 0 unspecified atom stereocenters. The summed E-state index contributed by atoms with van der Waals surface area (Å²) in [6, 6.07) is 20.5. The van der Waals surface area contributed by atoms with Crippen LogP contribution in [0.3, 0.4) is 0 Å². The molecule has 0 aliphatic carbocycles. The van der Waals surface area contributed by atoms with Crippen molar-refractivity contribution in [3.8, 4) is 0 Å². The van der Waals surface area contributed by atoms with Crippen molar-refractivity contribution in [1.82, 2.24) is 0 Å². The molecule has 0 saturated heterocycles. The van der Waals surface area contributed by atoms with E-state index in [1.807, 2.05) is 36.4 Å². The molecule has 0 aliphatic rings. The van der Waals surface area contributed by atoms with Crippen LogP contribution in [0.5, 0.6) is 0 Å². The maximum Gasteiger partial charge on any atom is 0.307 e. The summed E-state index contributed by atoms with van der Waals surface area (Å²) in [5.74, 6) is -0.724. The first kappa shape index (κ1) is 13.8. The first-order chi connectivity index (χ1) is 9.13. The van der Waals surface area contributed by atoms with Crippen molar-refractivity contribution in [3.63, 3.8) is 0 Å². The summed E-state index contributed by atoms with van der Waals surface area (Å²) in [4.78, 5) is 10.9. The lowest BCUT2D eigenvalue weighted by Gasteiger charge is -2.22. The van der Waals surface area contributed by atoms with Crippen molar-refractivity contribution in [3.05, 3.63) is 60.7 Å². The number of carbonyl (C=O) groups is 1. The van der Waals surface area contributed by atoms with Gasteiger partial charge in [0.2, 0.25) is 0 Å². The zero-order valence-electron chi connectivity index (χ0n) is 11.0. The predicted molar refractivity (Wildman–Crippen MR) is 82.1 cm³/mol. The Hall–Kier alpha value is -1.66. The van der Waals surface area contributed by atoms with Gasteiger partial charge in [0.15, 0.2) is 0 Å². The van der Waals surface area contributed by atoms with Gasteiger partial charge in [-0.2, -0.15) is 0 Å². The highest BCUT2D eigenvalue weighted by Gasteiger charge is 2.37. The first-order valence-electron chi connectivity index (χ1n) is 6.31. The molecule has 0 heterocycles. The molecular weight excluding hydrogens is 255 g/mol. The summed E-state index contributed by atoms with van der Waals surface area (Å²) in [6.45, 7) is 2.22. The highest BCUT2D eigenvalue weighted by Crippen LogP contribution is 2.52. The largest absolute Gasteiger partial charge is 0.481 e. The van der Waals surface area contributed by atoms with E-state index in [1.54, 1.807) is 0 Å². The van der Waals surface area contributed by atoms with Gasteiger partial charge in [-0.05, 0) is 24.3 Å². The molecule has 0 fully saturated rings. The lowest BCUT2D eigenvalue weighted by Crippen LogP contribution is -2.24. The van der Waals surface area contributed by atoms with Crippen LogP contribution >= 0.6 is 7.26 Å². The number of rotatable bonds is 5. The Labute approximate surface area is 114 Å². The maximum atomic E-state index is 10.9. The summed E-state index contributed by atoms with van der Waals surface area (Å²) >= 11 is 0. The van der Waals surface area contributed by atoms with E-state index in [-0.39, 0.29) is 6.42 Å². The van der Waals surface area contributed by atoms with Gasteiger partial charge >= 0.3 is 5.97 Å². The van der Waals surface area contributed by atoms with Crippen LogP contribution in [-0.2, 0) is 4.79 Å². The molecule has 0 radical (unpaired) electrons. The van der Waals surface area contributed by atoms with Crippen LogP contribution in [0.2, 0.25) is 0 Å². The Morgan fingerprint density at radius 3 is 1.74 bits per heavy atom. The van der Waals surface area contributed by atoms with Gasteiger partial charge in [-0.15, -0.1) is 0 Å². The Morgan fingerprint density at radius 1 is 0.947 bits per heavy atom. The van der Waals surface area contributed by atoms with E-state index in [0.29, 0.717) is 6.16 Å². The third kappa shape index (κ3) is 3.21. The topological polar surface area (TPSA) is 37.3 Å². The predicted octanol–water partition coefficient (Wildman–Crippen LogP) is 2.76. The van der Waals surface area contributed by atoms with Crippen LogP contribution in [0.25, 0.3) is 0 Å². The zero-order valence-corrected chi connectivity index (χ0v) is 11.9. The fraction of sp³-hybridized carbons (Fsp3) is 0.188. The van der Waals surface area contributed by atoms with Gasteiger partial charge in [-0.25, -0.2) is 0 Å². The van der Waals surface area contributed by atoms with Crippen molar-refractivity contribution in [2.75, 3.05) is 12.8 Å². The summed E-state index contributed by atoms with van der Waals surface area (Å²) in [5.41, 5.74) is 0. The molecule has 0 aliphatic heterocycles. The molecule has 2 aromatic rings. The van der Waals surface area contributed by atoms with Crippen molar-refractivity contribution in [2.24, 2.45) is 0 Å². The molecule has 0 saturated carbocycles. The lowest BCUT2D eigenvalue weighted by molar-refractivity contribution is -0.136. The van der Waals surface area contributed by atoms with Crippen LogP contribution in [0.4, 0.5) is 0 Å². The number of benzene rings is 2. The van der Waals surface area contributed by atoms with Gasteiger partial charge in [0.1, 0.15) is 0 Å². The van der Waals surface area contributed by atoms with E-state index >= 15 is 0 Å². The molecule has 0 spiro atoms. The molecule has 19 heavy (non-hydrogen) atoms. The van der Waals surface area contributed by atoms with Gasteiger partial charge in [0.25, 0.3) is 0 Å². The zero-order chi connectivity index (χ0) is 13.7. The van der Waals surface area contributed by atoms with Crippen molar-refractivity contribution in [1.29, 1.82) is 0 Å². The Bertz CT molecular complexity index is 498. The molecular formula is C16H18O2P+. The second-order valence-corrected chi connectivity index (χ2v) is 8.59. The van der Waals surface area contributed by atoms with Crippen LogP contribution in [0.15, 0.2) is 60.7 Å². The molecule has 2 rings (SSSR count). The Kier molecular flexibility index (Phi) is 4.34. The molecule has 0 bridgehead atoms. The number of hydrogen-bond acceptors (Lipinski definition) is 1. The first-order valence-corrected chi connectivity index (χ1v) is 8.73. The molecule has 2 aromatic carbocycles. The highest BCUT2D eigenvalue weighted by molar-refractivity contribution is 7.88. The number of aliphatic carboxylic acids is 1. The van der Waals surface area contributed by atoms with Crippen LogP contribution in [0, 0.1) is 0 Å². The number of carboxylic acids is 1. The number of hydrogen-bond donors (Lipinski definition) is 1. The summed E-state index contributed by atoms with van der Waals surface area (Å²) < 4.78 is 0. The van der Waals surface area contributed by atoms with Crippen LogP contribution in [-0.4, -0.2) is 23.9 Å². The SMILES string of the molecule is C[P+](CCC(=O)O)(c1ccccc1)c1ccccc1. The van der Waals surface area contributed by atoms with Gasteiger partial charge < -0.3 is 5.11 Å². The van der Waals surface area contributed by atoms with Crippen LogP contribution < -0.4 is 10.6 Å². The fourth-order valence-electron chi connectivity index (χ4n) is 2.24. The molecule has 98 valence electrons. The standard InChI is InChI=1S/C16H17O2P/c1-19(13-12-16(17)18,14-8-4-2-5-9-14)15-10-6-3-7-11-15/h2-11H,12-13H2,1H3/p+1. The second-order valence-electron chi connectivity index (χ2n) is 4.73. The second kappa shape index (κ2) is 5.99. The minimum atomic E-state index is -1.61. The quantitative estimate of drug-likeness (QED) is 0.851. The van der Waals surface area contributed by atoms with Gasteiger partial charge in [0, 0.05) is 0 Å². The van der Waals surface area contributed by atoms with Gasteiger partial charge in [0.05, 0.1) is 37.1 Å². The molecule has 1 N–H and O–H groups in total. The fourth-order valence-corrected chi connectivity index (χ4v) is 5.35. The van der Waals surface area contributed by atoms with E-state index < -0.39 is 13.2 Å². The third-order valence-electron chi connectivity index (χ3n) is 3.43. The molecule has 0 aromatic heterocycles. The molecule has 3 heteroatoms. The highest BCUT2D eigenvalue weighted by atomic mass is 31.2. The maximum absolute atomic E-state index is 10.9. The van der Waals surface area contributed by atoms with Gasteiger partial charge in [-0.3, -0.25) is 4.79 Å². The normalized spacial score (nSPS) is 11.2. The Balaban J connectivity index is 2.41. The lowest BCUT2D eigenvalue weighted by atomic mass is 10.4. The summed E-state index contributed by atoms with van der Waals surface area (Å²) in [7, 11) is -1.61. The minimum Gasteiger partial charge on any atom is -0.481 e. The van der Waals surface area contributed by atoms with Crippen molar-refractivity contribution in [2.45, 2.75) is 6.42 Å². The number of carboxylic acid groups (broad SMARTS) is 1. The smallest absolute Gasteiger partial charge is 0.307 e. The average Bonchev–Trinajstić information content (AvgIpc) is 2.46. The van der Waals surface area contributed by atoms with E-state index in [9.17, 15) is 4.79 Å². The monoisotopic (exact) mass is 273 g/mol. The third-order valence-corrected chi connectivity index (χ3v) is 7.42. The van der Waals surface area contributed by atoms with E-state index in [4.69, 9.17) is 5.11 Å². The van der Waals surface area contributed by atoms with E-state index in [0.717, 1.165) is 0 Å². The molecule has 0 atom stereocenters. The minimum absolute atomic E-state index is 0.216.